The van der Waals surface area contributed by atoms with E-state index >= 15 is 0 Å². The summed E-state index contributed by atoms with van der Waals surface area (Å²) in [7, 11) is 1.72. The van der Waals surface area contributed by atoms with E-state index in [0.29, 0.717) is 29.4 Å². The molecule has 0 aliphatic heterocycles. The molecular formula is C31H33N3O2S. The van der Waals surface area contributed by atoms with Crippen LogP contribution in [0, 0.1) is 13.8 Å². The first kappa shape index (κ1) is 26.4. The number of benzene rings is 3. The first-order valence-corrected chi connectivity index (χ1v) is 13.5. The number of rotatable bonds is 10. The van der Waals surface area contributed by atoms with Gasteiger partial charge in [0.25, 0.3) is 5.56 Å². The van der Waals surface area contributed by atoms with Crippen LogP contribution in [0.1, 0.15) is 45.8 Å². The van der Waals surface area contributed by atoms with E-state index in [0.717, 1.165) is 17.5 Å². The van der Waals surface area contributed by atoms with Gasteiger partial charge in [-0.1, -0.05) is 102 Å². The van der Waals surface area contributed by atoms with Crippen molar-refractivity contribution < 1.29 is 4.79 Å². The highest BCUT2D eigenvalue weighted by Crippen LogP contribution is 2.27. The number of carbonyl (C=O) groups is 1. The molecule has 5 nitrogen and oxygen atoms in total. The van der Waals surface area contributed by atoms with Crippen molar-refractivity contribution in [1.82, 2.24) is 14.9 Å². The van der Waals surface area contributed by atoms with Gasteiger partial charge in [-0.3, -0.25) is 14.2 Å². The van der Waals surface area contributed by atoms with E-state index in [-0.39, 0.29) is 23.1 Å². The molecule has 6 heteroatoms. The largest absolute Gasteiger partial charge is 0.355 e. The molecule has 0 bridgehead atoms. The third-order valence-corrected chi connectivity index (χ3v) is 7.53. The topological polar surface area (TPSA) is 64.0 Å². The van der Waals surface area contributed by atoms with Crippen molar-refractivity contribution in [1.29, 1.82) is 0 Å². The second-order valence-corrected chi connectivity index (χ2v) is 10.2. The van der Waals surface area contributed by atoms with Crippen LogP contribution in [-0.4, -0.2) is 27.8 Å². The maximum atomic E-state index is 13.1. The summed E-state index contributed by atoms with van der Waals surface area (Å²) in [6.07, 6.45) is 1.34. The van der Waals surface area contributed by atoms with E-state index in [4.69, 9.17) is 0 Å². The van der Waals surface area contributed by atoms with Crippen molar-refractivity contribution in [2.75, 3.05) is 12.3 Å². The Morgan fingerprint density at radius 3 is 2.22 bits per heavy atom. The summed E-state index contributed by atoms with van der Waals surface area (Å²) in [5.74, 6) is 0.347. The van der Waals surface area contributed by atoms with Gasteiger partial charge in [0.15, 0.2) is 5.16 Å². The molecule has 0 saturated heterocycles. The standard InChI is InChI=1S/C31H33N3O2S/c1-22-11-10-12-24(19-22)20-28-23(2)33-31(34(3)30(28)36)37-21-29(35)32-18-17-27(25-13-6-4-7-14-25)26-15-8-5-9-16-26/h4-16,19,27H,17-18,20-21H2,1-3H3,(H,32,35). The fourth-order valence-corrected chi connectivity index (χ4v) is 5.36. The van der Waals surface area contributed by atoms with Gasteiger partial charge >= 0.3 is 0 Å². The van der Waals surface area contributed by atoms with Gasteiger partial charge < -0.3 is 5.32 Å². The number of carbonyl (C=O) groups excluding carboxylic acids is 1. The Bertz CT molecular complexity index is 1360. The second-order valence-electron chi connectivity index (χ2n) is 9.29. The summed E-state index contributed by atoms with van der Waals surface area (Å²) >= 11 is 1.29. The molecule has 1 amide bonds. The van der Waals surface area contributed by atoms with Gasteiger partial charge in [-0.15, -0.1) is 0 Å². The van der Waals surface area contributed by atoms with Crippen LogP contribution in [0.25, 0.3) is 0 Å². The molecule has 37 heavy (non-hydrogen) atoms. The zero-order valence-corrected chi connectivity index (χ0v) is 22.4. The third kappa shape index (κ3) is 6.98. The molecule has 190 valence electrons. The SMILES string of the molecule is Cc1cccc(Cc2c(C)nc(SCC(=O)NCCC(c3ccccc3)c3ccccc3)n(C)c2=O)c1. The number of aryl methyl sites for hydroxylation is 2. The van der Waals surface area contributed by atoms with Crippen LogP contribution in [0.15, 0.2) is 94.9 Å². The molecule has 0 unspecified atom stereocenters. The van der Waals surface area contributed by atoms with Crippen LogP contribution >= 0.6 is 11.8 Å². The van der Waals surface area contributed by atoms with Crippen molar-refractivity contribution in [3.63, 3.8) is 0 Å². The molecular weight excluding hydrogens is 478 g/mol. The molecule has 0 aliphatic rings. The number of aromatic nitrogens is 2. The van der Waals surface area contributed by atoms with Crippen molar-refractivity contribution in [3.05, 3.63) is 129 Å². The highest BCUT2D eigenvalue weighted by Gasteiger charge is 2.16. The van der Waals surface area contributed by atoms with Gasteiger partial charge in [0.05, 0.1) is 5.75 Å². The lowest BCUT2D eigenvalue weighted by Gasteiger charge is -2.18. The van der Waals surface area contributed by atoms with Crippen molar-refractivity contribution in [2.24, 2.45) is 7.05 Å². The molecule has 1 N–H and O–H groups in total. The smallest absolute Gasteiger partial charge is 0.257 e. The summed E-state index contributed by atoms with van der Waals surface area (Å²) in [5, 5.41) is 3.60. The predicted molar refractivity (Wildman–Crippen MR) is 151 cm³/mol. The fraction of sp³-hybridized carbons (Fsp3) is 0.258. The minimum Gasteiger partial charge on any atom is -0.355 e. The Labute approximate surface area is 223 Å². The van der Waals surface area contributed by atoms with E-state index in [1.165, 1.54) is 22.9 Å². The summed E-state index contributed by atoms with van der Waals surface area (Å²) < 4.78 is 1.55. The van der Waals surface area contributed by atoms with Gasteiger partial charge in [-0.2, -0.15) is 0 Å². The molecule has 1 heterocycles. The molecule has 0 radical (unpaired) electrons. The summed E-state index contributed by atoms with van der Waals surface area (Å²) in [4.78, 5) is 30.4. The van der Waals surface area contributed by atoms with Crippen LogP contribution in [0.2, 0.25) is 0 Å². The van der Waals surface area contributed by atoms with Crippen molar-refractivity contribution >= 4 is 17.7 Å². The van der Waals surface area contributed by atoms with Crippen LogP contribution in [0.5, 0.6) is 0 Å². The van der Waals surface area contributed by atoms with E-state index < -0.39 is 0 Å². The fourth-order valence-electron chi connectivity index (χ4n) is 4.52. The van der Waals surface area contributed by atoms with Gasteiger partial charge in [0.1, 0.15) is 0 Å². The Balaban J connectivity index is 1.36. The minimum absolute atomic E-state index is 0.0644. The average molecular weight is 512 g/mol. The zero-order valence-electron chi connectivity index (χ0n) is 21.6. The molecule has 0 aliphatic carbocycles. The van der Waals surface area contributed by atoms with E-state index in [1.807, 2.05) is 68.4 Å². The summed E-state index contributed by atoms with van der Waals surface area (Å²) in [5.41, 5.74) is 6.06. The average Bonchev–Trinajstić information content (AvgIpc) is 2.91. The van der Waals surface area contributed by atoms with Gasteiger partial charge in [0.2, 0.25) is 5.91 Å². The number of hydrogen-bond donors (Lipinski definition) is 1. The number of nitrogens with one attached hydrogen (secondary N) is 1. The Kier molecular flexibility index (Phi) is 8.96. The minimum atomic E-state index is -0.0689. The molecule has 3 aromatic carbocycles. The number of thioether (sulfide) groups is 1. The van der Waals surface area contributed by atoms with Crippen LogP contribution < -0.4 is 10.9 Å². The van der Waals surface area contributed by atoms with Gasteiger partial charge in [0, 0.05) is 37.2 Å². The van der Waals surface area contributed by atoms with E-state index in [1.54, 1.807) is 11.6 Å². The van der Waals surface area contributed by atoms with Crippen molar-refractivity contribution in [3.8, 4) is 0 Å². The van der Waals surface area contributed by atoms with Gasteiger partial charge in [-0.05, 0) is 37.0 Å². The first-order chi connectivity index (χ1) is 17.9. The molecule has 0 atom stereocenters. The third-order valence-electron chi connectivity index (χ3n) is 6.50. The maximum Gasteiger partial charge on any atom is 0.257 e. The molecule has 4 aromatic rings. The zero-order chi connectivity index (χ0) is 26.2. The highest BCUT2D eigenvalue weighted by atomic mass is 32.2. The lowest BCUT2D eigenvalue weighted by molar-refractivity contribution is -0.118. The van der Waals surface area contributed by atoms with E-state index in [9.17, 15) is 9.59 Å². The molecule has 0 saturated carbocycles. The quantitative estimate of drug-likeness (QED) is 0.228. The summed E-state index contributed by atoms with van der Waals surface area (Å²) in [6.45, 7) is 4.47. The Hall–Kier alpha value is -3.64. The predicted octanol–water partition coefficient (Wildman–Crippen LogP) is 5.42. The normalized spacial score (nSPS) is 11.0. The molecule has 0 spiro atoms. The lowest BCUT2D eigenvalue weighted by atomic mass is 9.88. The Morgan fingerprint density at radius 1 is 0.946 bits per heavy atom. The Morgan fingerprint density at radius 2 is 1.59 bits per heavy atom. The first-order valence-electron chi connectivity index (χ1n) is 12.5. The molecule has 0 fully saturated rings. The number of hydrogen-bond acceptors (Lipinski definition) is 4. The van der Waals surface area contributed by atoms with Gasteiger partial charge in [-0.25, -0.2) is 4.98 Å². The summed E-state index contributed by atoms with van der Waals surface area (Å²) in [6, 6.07) is 28.9. The lowest BCUT2D eigenvalue weighted by Crippen LogP contribution is -2.29. The number of amides is 1. The number of nitrogens with zero attached hydrogens (tertiary/aromatic N) is 2. The van der Waals surface area contributed by atoms with Crippen LogP contribution in [0.3, 0.4) is 0 Å². The van der Waals surface area contributed by atoms with E-state index in [2.05, 4.69) is 40.6 Å². The molecule has 1 aromatic heterocycles. The highest BCUT2D eigenvalue weighted by molar-refractivity contribution is 7.99. The maximum absolute atomic E-state index is 13.1. The second kappa shape index (κ2) is 12.5. The van der Waals surface area contributed by atoms with Crippen LogP contribution in [0.4, 0.5) is 0 Å². The monoisotopic (exact) mass is 511 g/mol. The van der Waals surface area contributed by atoms with Crippen LogP contribution in [-0.2, 0) is 18.3 Å². The van der Waals surface area contributed by atoms with Crippen molar-refractivity contribution in [2.45, 2.75) is 37.8 Å². The molecule has 4 rings (SSSR count).